The lowest BCUT2D eigenvalue weighted by Gasteiger charge is -2.36. The summed E-state index contributed by atoms with van der Waals surface area (Å²) in [6, 6.07) is 1.96. The zero-order chi connectivity index (χ0) is 18.3. The van der Waals surface area contributed by atoms with Crippen LogP contribution in [0.3, 0.4) is 0 Å². The van der Waals surface area contributed by atoms with Gasteiger partial charge in [0.2, 0.25) is 16.8 Å². The summed E-state index contributed by atoms with van der Waals surface area (Å²) in [7, 11) is -2.59. The summed E-state index contributed by atoms with van der Waals surface area (Å²) < 4.78 is 29.6. The van der Waals surface area contributed by atoms with Gasteiger partial charge in [0.25, 0.3) is 0 Å². The molecule has 1 saturated carbocycles. The topological polar surface area (TPSA) is 130 Å². The van der Waals surface area contributed by atoms with Crippen LogP contribution in [0.5, 0.6) is 0 Å². The summed E-state index contributed by atoms with van der Waals surface area (Å²) in [6.45, 7) is 1.42. The number of rotatable bonds is 6. The number of pyridine rings is 1. The molecule has 4 rings (SSSR count). The van der Waals surface area contributed by atoms with E-state index in [9.17, 15) is 13.2 Å². The number of carbonyl (C=O) groups is 1. The van der Waals surface area contributed by atoms with E-state index < -0.39 is 10.9 Å². The van der Waals surface area contributed by atoms with E-state index in [-0.39, 0.29) is 23.6 Å². The lowest BCUT2D eigenvalue weighted by Crippen LogP contribution is -2.47. The molecule has 0 spiro atoms. The second-order valence-electron chi connectivity index (χ2n) is 6.27. The second-order valence-corrected chi connectivity index (χ2v) is 7.04. The van der Waals surface area contributed by atoms with Gasteiger partial charge in [0, 0.05) is 36.8 Å². The summed E-state index contributed by atoms with van der Waals surface area (Å²) in [4.78, 5) is 23.1. The number of carbonyl (C=O) groups excluding carboxylic acids is 1. The molecule has 1 aliphatic carbocycles. The molecule has 136 valence electrons. The molecule has 3 heterocycles. The zero-order valence-electron chi connectivity index (χ0n) is 13.9. The molecule has 3 N–H and O–H groups in total. The molecule has 3 aromatic heterocycles. The molecule has 10 heteroatoms. The van der Waals surface area contributed by atoms with Crippen molar-refractivity contribution in [2.75, 3.05) is 5.32 Å². The monoisotopic (exact) mass is 375 g/mol. The largest absolute Gasteiger partial charge is 0.433 e. The highest BCUT2D eigenvalue weighted by molar-refractivity contribution is 7.70. The van der Waals surface area contributed by atoms with E-state index in [1.807, 2.05) is 6.07 Å². The van der Waals surface area contributed by atoms with E-state index in [1.165, 1.54) is 13.1 Å². The van der Waals surface area contributed by atoms with E-state index >= 15 is 0 Å². The number of oxazole rings is 1. The second kappa shape index (κ2) is 6.54. The summed E-state index contributed by atoms with van der Waals surface area (Å²) in [5.74, 6) is 0.297. The SMILES string of the molecule is CC(=O)c1cnc(-c2cnc3[nH]ccc3c2N[C@H]2C[C@H](N[SH](=O)=O)C2)o1. The predicted molar refractivity (Wildman–Crippen MR) is 95.5 cm³/mol. The van der Waals surface area contributed by atoms with Crippen molar-refractivity contribution >= 4 is 33.4 Å². The molecule has 0 atom stereocenters. The molecule has 0 amide bonds. The number of anilines is 1. The molecule has 9 nitrogen and oxygen atoms in total. The Morgan fingerprint density at radius 1 is 1.27 bits per heavy atom. The molecule has 0 aromatic carbocycles. The molecule has 0 radical (unpaired) electrons. The maximum Gasteiger partial charge on any atom is 0.230 e. The van der Waals surface area contributed by atoms with Gasteiger partial charge in [-0.25, -0.2) is 23.1 Å². The number of aromatic amines is 1. The van der Waals surface area contributed by atoms with Gasteiger partial charge in [0.15, 0.2) is 11.5 Å². The van der Waals surface area contributed by atoms with Crippen LogP contribution in [0.2, 0.25) is 0 Å². The van der Waals surface area contributed by atoms with E-state index in [2.05, 4.69) is 25.0 Å². The maximum atomic E-state index is 11.5. The van der Waals surface area contributed by atoms with E-state index in [0.717, 1.165) is 11.1 Å². The Morgan fingerprint density at radius 3 is 2.77 bits per heavy atom. The fourth-order valence-corrected chi connectivity index (χ4v) is 3.59. The average Bonchev–Trinajstić information content (AvgIpc) is 3.21. The van der Waals surface area contributed by atoms with Crippen molar-refractivity contribution in [1.82, 2.24) is 19.7 Å². The Bertz CT molecular complexity index is 1040. The summed E-state index contributed by atoms with van der Waals surface area (Å²) in [6.07, 6.45) is 6.19. The number of aromatic nitrogens is 3. The van der Waals surface area contributed by atoms with Gasteiger partial charge in [-0.2, -0.15) is 0 Å². The third kappa shape index (κ3) is 3.08. The summed E-state index contributed by atoms with van der Waals surface area (Å²) in [5.41, 5.74) is 2.16. The van der Waals surface area contributed by atoms with Crippen LogP contribution in [0.1, 0.15) is 30.3 Å². The van der Waals surface area contributed by atoms with Crippen LogP contribution >= 0.6 is 0 Å². The molecule has 0 bridgehead atoms. The Balaban J connectivity index is 1.65. The van der Waals surface area contributed by atoms with Crippen molar-refractivity contribution in [3.63, 3.8) is 0 Å². The van der Waals surface area contributed by atoms with Gasteiger partial charge in [-0.3, -0.25) is 4.79 Å². The van der Waals surface area contributed by atoms with E-state index in [4.69, 9.17) is 4.42 Å². The maximum absolute atomic E-state index is 11.5. The van der Waals surface area contributed by atoms with Crippen LogP contribution in [-0.4, -0.2) is 41.2 Å². The Labute approximate surface area is 150 Å². The van der Waals surface area contributed by atoms with Crippen LogP contribution < -0.4 is 10.0 Å². The minimum Gasteiger partial charge on any atom is -0.433 e. The lowest BCUT2D eigenvalue weighted by atomic mass is 9.87. The third-order valence-electron chi connectivity index (χ3n) is 4.44. The third-order valence-corrected chi connectivity index (χ3v) is 5.02. The van der Waals surface area contributed by atoms with Crippen molar-refractivity contribution in [2.45, 2.75) is 31.8 Å². The van der Waals surface area contributed by atoms with Gasteiger partial charge in [-0.1, -0.05) is 0 Å². The molecule has 26 heavy (non-hydrogen) atoms. The van der Waals surface area contributed by atoms with Crippen LogP contribution in [-0.2, 0) is 10.9 Å². The number of nitrogens with one attached hydrogen (secondary N) is 3. The van der Waals surface area contributed by atoms with Crippen molar-refractivity contribution in [3.05, 3.63) is 30.4 Å². The highest BCUT2D eigenvalue weighted by Crippen LogP contribution is 2.36. The predicted octanol–water partition coefficient (Wildman–Crippen LogP) is 1.48. The van der Waals surface area contributed by atoms with Crippen LogP contribution in [0.25, 0.3) is 22.5 Å². The van der Waals surface area contributed by atoms with Gasteiger partial charge >= 0.3 is 0 Å². The van der Waals surface area contributed by atoms with Gasteiger partial charge in [0.1, 0.15) is 5.65 Å². The summed E-state index contributed by atoms with van der Waals surface area (Å²) in [5, 5.41) is 4.31. The first-order chi connectivity index (χ1) is 12.5. The Kier molecular flexibility index (Phi) is 4.21. The quantitative estimate of drug-likeness (QED) is 0.379. The van der Waals surface area contributed by atoms with Crippen molar-refractivity contribution in [2.24, 2.45) is 0 Å². The fraction of sp³-hybridized carbons (Fsp3) is 0.312. The van der Waals surface area contributed by atoms with Gasteiger partial charge in [-0.05, 0) is 18.9 Å². The van der Waals surface area contributed by atoms with Crippen LogP contribution in [0.15, 0.2) is 29.1 Å². The van der Waals surface area contributed by atoms with Gasteiger partial charge in [0.05, 0.1) is 17.4 Å². The first-order valence-corrected chi connectivity index (χ1v) is 9.29. The molecular formula is C16H17N5O4S. The number of Topliss-reactive ketones (excluding diaryl/α,β-unsaturated/α-hetero) is 1. The summed E-state index contributed by atoms with van der Waals surface area (Å²) >= 11 is 0. The van der Waals surface area contributed by atoms with Crippen molar-refractivity contribution < 1.29 is 17.6 Å². The molecular weight excluding hydrogens is 358 g/mol. The lowest BCUT2D eigenvalue weighted by molar-refractivity contribution is 0.0988. The Hall–Kier alpha value is -2.72. The molecule has 0 unspecified atom stereocenters. The minimum atomic E-state index is -2.59. The molecule has 1 fully saturated rings. The Morgan fingerprint density at radius 2 is 2.08 bits per heavy atom. The number of nitrogens with zero attached hydrogens (tertiary/aromatic N) is 2. The van der Waals surface area contributed by atoms with Crippen LogP contribution in [0, 0.1) is 0 Å². The molecule has 0 aliphatic heterocycles. The molecule has 0 saturated heterocycles. The average molecular weight is 375 g/mol. The first-order valence-electron chi connectivity index (χ1n) is 8.11. The number of ketones is 1. The van der Waals surface area contributed by atoms with Crippen molar-refractivity contribution in [1.29, 1.82) is 0 Å². The molecule has 1 aliphatic rings. The minimum absolute atomic E-state index is 0.0494. The highest BCUT2D eigenvalue weighted by atomic mass is 32.2. The number of hydrogen-bond acceptors (Lipinski definition) is 7. The number of thiol groups is 1. The standard InChI is InChI=1S/C16H17N5O4S/c1-8(22)13-7-19-16(25-13)12-6-18-15-11(2-3-17-15)14(12)20-9-4-10(5-9)21-26(23)24/h2-3,6-7,9-10,26H,4-5H2,1H3,(H2,17,18,20)(H,21,23,24)/t9-,10-. The van der Waals surface area contributed by atoms with E-state index in [1.54, 1.807) is 12.4 Å². The van der Waals surface area contributed by atoms with Gasteiger partial charge < -0.3 is 14.7 Å². The fourth-order valence-electron chi connectivity index (χ4n) is 3.08. The number of hydrogen-bond donors (Lipinski definition) is 4. The zero-order valence-corrected chi connectivity index (χ0v) is 14.7. The number of fused-ring (bicyclic) bond motifs is 1. The van der Waals surface area contributed by atoms with Crippen LogP contribution in [0.4, 0.5) is 5.69 Å². The smallest absolute Gasteiger partial charge is 0.230 e. The first kappa shape index (κ1) is 16.7. The van der Waals surface area contributed by atoms with Crippen molar-refractivity contribution in [3.8, 4) is 11.5 Å². The highest BCUT2D eigenvalue weighted by Gasteiger charge is 2.31. The molecule has 3 aromatic rings. The normalized spacial score (nSPS) is 19.6. The van der Waals surface area contributed by atoms with E-state index in [0.29, 0.717) is 29.9 Å². The number of H-pyrrole nitrogens is 1. The van der Waals surface area contributed by atoms with Gasteiger partial charge in [-0.15, -0.1) is 0 Å².